The van der Waals surface area contributed by atoms with Crippen molar-refractivity contribution < 1.29 is 17.9 Å². The molecule has 0 saturated heterocycles. The smallest absolute Gasteiger partial charge is 0.309 e. The maximum absolute atomic E-state index is 12.9. The van der Waals surface area contributed by atoms with Gasteiger partial charge < -0.3 is 4.74 Å². The van der Waals surface area contributed by atoms with E-state index in [9.17, 15) is 13.2 Å². The van der Waals surface area contributed by atoms with Gasteiger partial charge in [0.25, 0.3) is 0 Å². The van der Waals surface area contributed by atoms with E-state index in [2.05, 4.69) is 14.4 Å². The lowest BCUT2D eigenvalue weighted by atomic mass is 9.99. The van der Waals surface area contributed by atoms with Crippen molar-refractivity contribution in [3.05, 3.63) is 94.8 Å². The third kappa shape index (κ3) is 5.89. The van der Waals surface area contributed by atoms with Crippen LogP contribution >= 0.6 is 11.6 Å². The third-order valence-corrected chi connectivity index (χ3v) is 6.29. The van der Waals surface area contributed by atoms with Gasteiger partial charge in [-0.15, -0.1) is 0 Å². The Kier molecular flexibility index (Phi) is 7.20. The summed E-state index contributed by atoms with van der Waals surface area (Å²) in [6.07, 6.45) is 3.87. The first-order valence-corrected chi connectivity index (χ1v) is 11.1. The molecule has 0 aliphatic carbocycles. The lowest BCUT2D eigenvalue weighted by Crippen LogP contribution is -2.30. The molecule has 30 heavy (non-hydrogen) atoms. The predicted octanol–water partition coefficient (Wildman–Crippen LogP) is 3.71. The summed E-state index contributed by atoms with van der Waals surface area (Å²) in [5.74, 6) is -0.313. The molecule has 2 aromatic carbocycles. The topological polar surface area (TPSA) is 85.4 Å². The molecule has 0 aliphatic heterocycles. The van der Waals surface area contributed by atoms with E-state index in [1.807, 2.05) is 30.3 Å². The van der Waals surface area contributed by atoms with Gasteiger partial charge in [-0.1, -0.05) is 41.9 Å². The first-order valence-electron chi connectivity index (χ1n) is 9.20. The molecule has 0 spiro atoms. The minimum Gasteiger partial charge on any atom is -0.469 e. The summed E-state index contributed by atoms with van der Waals surface area (Å²) < 4.78 is 33.2. The van der Waals surface area contributed by atoms with E-state index in [1.165, 1.54) is 31.4 Å². The van der Waals surface area contributed by atoms with Gasteiger partial charge in [0.1, 0.15) is 0 Å². The Hall–Kier alpha value is -2.74. The van der Waals surface area contributed by atoms with E-state index in [4.69, 9.17) is 11.6 Å². The van der Waals surface area contributed by atoms with Crippen LogP contribution in [0.1, 0.15) is 22.7 Å². The number of nitrogens with one attached hydrogen (secondary N) is 1. The Bertz CT molecular complexity index is 1090. The fourth-order valence-corrected chi connectivity index (χ4v) is 4.30. The van der Waals surface area contributed by atoms with Gasteiger partial charge in [-0.2, -0.15) is 0 Å². The highest BCUT2D eigenvalue weighted by Gasteiger charge is 2.22. The number of hydrogen-bond acceptors (Lipinski definition) is 5. The number of halogens is 1. The van der Waals surface area contributed by atoms with Gasteiger partial charge in [-0.3, -0.25) is 9.78 Å². The van der Waals surface area contributed by atoms with Crippen LogP contribution in [-0.4, -0.2) is 26.5 Å². The highest BCUT2D eigenvalue weighted by Crippen LogP contribution is 2.22. The van der Waals surface area contributed by atoms with Gasteiger partial charge >= 0.3 is 5.97 Å². The minimum absolute atomic E-state index is 0.134. The fraction of sp³-hybridized carbons (Fsp3) is 0.182. The number of carbonyl (C=O) groups is 1. The molecule has 1 heterocycles. The zero-order valence-electron chi connectivity index (χ0n) is 16.3. The Morgan fingerprint density at radius 3 is 2.33 bits per heavy atom. The molecular weight excluding hydrogens is 424 g/mol. The van der Waals surface area contributed by atoms with Crippen LogP contribution in [0.15, 0.2) is 78.0 Å². The molecule has 8 heteroatoms. The molecule has 156 valence electrons. The number of sulfonamides is 1. The summed E-state index contributed by atoms with van der Waals surface area (Å²) in [7, 11) is -2.42. The van der Waals surface area contributed by atoms with Crippen LogP contribution in [0.2, 0.25) is 5.02 Å². The second-order valence-corrected chi connectivity index (χ2v) is 8.84. The van der Waals surface area contributed by atoms with Gasteiger partial charge in [-0.25, -0.2) is 13.1 Å². The standard InChI is InChI=1S/C22H21ClN2O4S/c1-29-22(26)14-17-6-4-16(5-7-17)13-21(18-3-2-12-24-15-18)25-30(27,28)20-10-8-19(23)9-11-20/h2-12,15,21,25H,13-14H2,1H3. The third-order valence-electron chi connectivity index (χ3n) is 4.55. The van der Waals surface area contributed by atoms with Crippen molar-refractivity contribution in [2.45, 2.75) is 23.8 Å². The van der Waals surface area contributed by atoms with Crippen LogP contribution in [0, 0.1) is 0 Å². The van der Waals surface area contributed by atoms with Gasteiger partial charge in [-0.05, 0) is 53.4 Å². The van der Waals surface area contributed by atoms with Crippen LogP contribution < -0.4 is 4.72 Å². The molecule has 1 N–H and O–H groups in total. The van der Waals surface area contributed by atoms with Gasteiger partial charge in [0.05, 0.1) is 24.5 Å². The van der Waals surface area contributed by atoms with Crippen molar-refractivity contribution in [3.8, 4) is 0 Å². The average Bonchev–Trinajstić information content (AvgIpc) is 2.75. The number of methoxy groups -OCH3 is 1. The predicted molar refractivity (Wildman–Crippen MR) is 115 cm³/mol. The highest BCUT2D eigenvalue weighted by molar-refractivity contribution is 7.89. The van der Waals surface area contributed by atoms with Crippen molar-refractivity contribution in [3.63, 3.8) is 0 Å². The number of ether oxygens (including phenoxy) is 1. The first-order chi connectivity index (χ1) is 14.4. The van der Waals surface area contributed by atoms with Gasteiger partial charge in [0.2, 0.25) is 10.0 Å². The van der Waals surface area contributed by atoms with E-state index in [1.54, 1.807) is 18.5 Å². The molecule has 0 saturated carbocycles. The van der Waals surface area contributed by atoms with Crippen molar-refractivity contribution in [2.75, 3.05) is 7.11 Å². The minimum atomic E-state index is -3.77. The average molecular weight is 445 g/mol. The molecule has 1 unspecified atom stereocenters. The van der Waals surface area contributed by atoms with Crippen LogP contribution in [-0.2, 0) is 32.4 Å². The normalized spacial score (nSPS) is 12.3. The largest absolute Gasteiger partial charge is 0.469 e. The SMILES string of the molecule is COC(=O)Cc1ccc(CC(NS(=O)(=O)c2ccc(Cl)cc2)c2cccnc2)cc1. The summed E-state index contributed by atoms with van der Waals surface area (Å²) >= 11 is 5.87. The number of nitrogens with zero attached hydrogens (tertiary/aromatic N) is 1. The molecule has 3 aromatic rings. The summed E-state index contributed by atoms with van der Waals surface area (Å²) in [6, 6.07) is 16.5. The van der Waals surface area contributed by atoms with Crippen molar-refractivity contribution in [2.24, 2.45) is 0 Å². The Balaban J connectivity index is 1.83. The molecule has 0 aliphatic rings. The monoisotopic (exact) mass is 444 g/mol. The van der Waals surface area contributed by atoms with Crippen LogP contribution in [0.3, 0.4) is 0 Å². The molecule has 3 rings (SSSR count). The zero-order valence-corrected chi connectivity index (χ0v) is 17.9. The number of benzene rings is 2. The summed E-state index contributed by atoms with van der Waals surface area (Å²) in [6.45, 7) is 0. The number of rotatable bonds is 8. The number of aromatic nitrogens is 1. The van der Waals surface area contributed by atoms with Crippen LogP contribution in [0.5, 0.6) is 0 Å². The van der Waals surface area contributed by atoms with E-state index < -0.39 is 16.1 Å². The van der Waals surface area contributed by atoms with E-state index in [0.29, 0.717) is 11.4 Å². The van der Waals surface area contributed by atoms with Gasteiger partial charge in [0.15, 0.2) is 0 Å². The Labute approximate surface area is 180 Å². The molecular formula is C22H21ClN2O4S. The summed E-state index contributed by atoms with van der Waals surface area (Å²) in [5, 5.41) is 0.463. The highest BCUT2D eigenvalue weighted by atomic mass is 35.5. The molecule has 6 nitrogen and oxygen atoms in total. The van der Waals surface area contributed by atoms with Crippen LogP contribution in [0.4, 0.5) is 0 Å². The van der Waals surface area contributed by atoms with Crippen molar-refractivity contribution >= 4 is 27.6 Å². The number of carbonyl (C=O) groups excluding carboxylic acids is 1. The van der Waals surface area contributed by atoms with Crippen LogP contribution in [0.25, 0.3) is 0 Å². The molecule has 0 fully saturated rings. The maximum Gasteiger partial charge on any atom is 0.309 e. The van der Waals surface area contributed by atoms with E-state index in [-0.39, 0.29) is 17.3 Å². The van der Waals surface area contributed by atoms with Crippen molar-refractivity contribution in [1.29, 1.82) is 0 Å². The molecule has 0 amide bonds. The number of hydrogen-bond donors (Lipinski definition) is 1. The number of pyridine rings is 1. The van der Waals surface area contributed by atoms with E-state index in [0.717, 1.165) is 16.7 Å². The lowest BCUT2D eigenvalue weighted by molar-refractivity contribution is -0.139. The van der Waals surface area contributed by atoms with Gasteiger partial charge in [0, 0.05) is 17.4 Å². The molecule has 1 aromatic heterocycles. The Morgan fingerprint density at radius 2 is 1.73 bits per heavy atom. The lowest BCUT2D eigenvalue weighted by Gasteiger charge is -2.19. The quantitative estimate of drug-likeness (QED) is 0.535. The zero-order chi connectivity index (χ0) is 21.6. The van der Waals surface area contributed by atoms with E-state index >= 15 is 0 Å². The fourth-order valence-electron chi connectivity index (χ4n) is 2.95. The molecule has 0 radical (unpaired) electrons. The molecule has 0 bridgehead atoms. The first kappa shape index (κ1) is 22.0. The maximum atomic E-state index is 12.9. The number of esters is 1. The summed E-state index contributed by atoms with van der Waals surface area (Å²) in [5.41, 5.74) is 2.48. The van der Waals surface area contributed by atoms with Crippen molar-refractivity contribution in [1.82, 2.24) is 9.71 Å². The second kappa shape index (κ2) is 9.84. The second-order valence-electron chi connectivity index (χ2n) is 6.69. The summed E-state index contributed by atoms with van der Waals surface area (Å²) in [4.78, 5) is 15.7. The molecule has 1 atom stereocenters. The Morgan fingerprint density at radius 1 is 1.07 bits per heavy atom.